The maximum atomic E-state index is 11.9. The predicted octanol–water partition coefficient (Wildman–Crippen LogP) is 1.52. The van der Waals surface area contributed by atoms with Crippen molar-refractivity contribution in [3.05, 3.63) is 41.6 Å². The molecule has 6 heteroatoms. The van der Waals surface area contributed by atoms with Gasteiger partial charge >= 0.3 is 0 Å². The lowest BCUT2D eigenvalue weighted by atomic mass is 10.1. The van der Waals surface area contributed by atoms with E-state index in [-0.39, 0.29) is 12.5 Å². The van der Waals surface area contributed by atoms with Gasteiger partial charge in [0.1, 0.15) is 5.00 Å². The van der Waals surface area contributed by atoms with E-state index >= 15 is 0 Å². The minimum Gasteiger partial charge on any atom is -0.395 e. The number of nitrogens with one attached hydrogen (secondary N) is 1. The molecule has 0 aliphatic carbocycles. The first-order valence-corrected chi connectivity index (χ1v) is 6.35. The molecule has 0 spiro atoms. The second kappa shape index (κ2) is 6.64. The summed E-state index contributed by atoms with van der Waals surface area (Å²) in [5.74, 6) is 5.51. The number of aromatic nitrogens is 2. The van der Waals surface area contributed by atoms with Gasteiger partial charge in [-0.1, -0.05) is 16.3 Å². The van der Waals surface area contributed by atoms with E-state index < -0.39 is 0 Å². The number of nitrogens with zero attached hydrogens (tertiary/aromatic N) is 2. The molecule has 0 saturated carbocycles. The van der Waals surface area contributed by atoms with E-state index in [0.29, 0.717) is 17.0 Å². The number of carbonyl (C=O) groups excluding carboxylic acids is 1. The molecule has 1 amide bonds. The van der Waals surface area contributed by atoms with Crippen molar-refractivity contribution < 1.29 is 9.90 Å². The van der Waals surface area contributed by atoms with Gasteiger partial charge in [-0.15, -0.1) is 5.10 Å². The number of carbonyl (C=O) groups is 1. The number of hydrogen-bond donors (Lipinski definition) is 2. The van der Waals surface area contributed by atoms with Crippen LogP contribution in [0.2, 0.25) is 0 Å². The zero-order valence-electron chi connectivity index (χ0n) is 9.96. The summed E-state index contributed by atoms with van der Waals surface area (Å²) in [4.78, 5) is 11.9. The van der Waals surface area contributed by atoms with E-state index in [9.17, 15) is 4.79 Å². The van der Waals surface area contributed by atoms with Crippen molar-refractivity contribution in [2.24, 2.45) is 0 Å². The molecule has 0 unspecified atom stereocenters. The van der Waals surface area contributed by atoms with Gasteiger partial charge in [-0.3, -0.25) is 4.79 Å². The summed E-state index contributed by atoms with van der Waals surface area (Å²) in [5.41, 5.74) is 1.35. The lowest BCUT2D eigenvalue weighted by Crippen LogP contribution is -2.10. The quantitative estimate of drug-likeness (QED) is 0.831. The predicted molar refractivity (Wildman–Crippen MR) is 72.9 cm³/mol. The molecule has 0 aliphatic rings. The molecule has 0 atom stereocenters. The van der Waals surface area contributed by atoms with Crippen LogP contribution in [-0.2, 0) is 0 Å². The topological polar surface area (TPSA) is 75.1 Å². The van der Waals surface area contributed by atoms with Gasteiger partial charge in [0.2, 0.25) is 0 Å². The highest BCUT2D eigenvalue weighted by atomic mass is 32.1. The molecule has 1 heterocycles. The van der Waals surface area contributed by atoms with Gasteiger partial charge in [0.05, 0.1) is 12.8 Å². The van der Waals surface area contributed by atoms with Crippen LogP contribution in [0.1, 0.15) is 22.3 Å². The molecule has 96 valence electrons. The number of benzene rings is 1. The van der Waals surface area contributed by atoms with Crippen molar-refractivity contribution in [2.75, 3.05) is 11.9 Å². The fourth-order valence-corrected chi connectivity index (χ4v) is 1.75. The minimum atomic E-state index is -0.207. The van der Waals surface area contributed by atoms with Crippen LogP contribution in [0.4, 0.5) is 5.00 Å². The van der Waals surface area contributed by atoms with Crippen LogP contribution in [0.25, 0.3) is 0 Å². The number of aliphatic hydroxyl groups excluding tert-OH is 1. The van der Waals surface area contributed by atoms with E-state index in [1.165, 1.54) is 6.20 Å². The minimum absolute atomic E-state index is 0.0520. The van der Waals surface area contributed by atoms with Crippen molar-refractivity contribution in [2.45, 2.75) is 6.42 Å². The number of rotatable bonds is 3. The molecule has 19 heavy (non-hydrogen) atoms. The van der Waals surface area contributed by atoms with Crippen LogP contribution in [0.15, 0.2) is 30.5 Å². The van der Waals surface area contributed by atoms with E-state index in [1.807, 2.05) is 0 Å². The van der Waals surface area contributed by atoms with Gasteiger partial charge < -0.3 is 10.4 Å². The monoisotopic (exact) mass is 273 g/mol. The molecule has 2 rings (SSSR count). The summed E-state index contributed by atoms with van der Waals surface area (Å²) in [6, 6.07) is 6.94. The van der Waals surface area contributed by atoms with Gasteiger partial charge in [-0.25, -0.2) is 0 Å². The Bertz CT molecular complexity index is 597. The zero-order valence-corrected chi connectivity index (χ0v) is 10.8. The number of amides is 1. The van der Waals surface area contributed by atoms with Crippen LogP contribution in [-0.4, -0.2) is 27.2 Å². The molecule has 1 aromatic heterocycles. The van der Waals surface area contributed by atoms with Crippen LogP contribution < -0.4 is 5.32 Å². The average molecular weight is 273 g/mol. The Morgan fingerprint density at radius 3 is 2.79 bits per heavy atom. The fourth-order valence-electron chi connectivity index (χ4n) is 1.33. The van der Waals surface area contributed by atoms with Crippen LogP contribution >= 0.6 is 11.5 Å². The van der Waals surface area contributed by atoms with Crippen LogP contribution in [0.5, 0.6) is 0 Å². The molecule has 2 N–H and O–H groups in total. The Labute approximate surface area is 114 Å². The van der Waals surface area contributed by atoms with E-state index in [0.717, 1.165) is 17.1 Å². The third-order valence-corrected chi connectivity index (χ3v) is 2.79. The molecule has 5 nitrogen and oxygen atoms in total. The van der Waals surface area contributed by atoms with E-state index in [2.05, 4.69) is 26.7 Å². The summed E-state index contributed by atoms with van der Waals surface area (Å²) < 4.78 is 3.66. The summed E-state index contributed by atoms with van der Waals surface area (Å²) in [5, 5.41) is 15.6. The lowest BCUT2D eigenvalue weighted by Gasteiger charge is -2.01. The normalized spacial score (nSPS) is 9.53. The first-order chi connectivity index (χ1) is 9.29. The number of hydrogen-bond acceptors (Lipinski definition) is 5. The molecule has 0 saturated heterocycles. The highest BCUT2D eigenvalue weighted by Crippen LogP contribution is 2.12. The molecular formula is C13H11N3O2S. The second-order valence-corrected chi connectivity index (χ2v) is 4.37. The highest BCUT2D eigenvalue weighted by Gasteiger charge is 2.06. The van der Waals surface area contributed by atoms with Crippen LogP contribution in [0, 0.1) is 11.8 Å². The molecule has 0 aliphatic heterocycles. The van der Waals surface area contributed by atoms with Crippen molar-refractivity contribution in [1.29, 1.82) is 0 Å². The summed E-state index contributed by atoms with van der Waals surface area (Å²) in [7, 11) is 0. The van der Waals surface area contributed by atoms with Crippen molar-refractivity contribution in [3.63, 3.8) is 0 Å². The number of aliphatic hydroxyl groups is 1. The van der Waals surface area contributed by atoms with E-state index in [4.69, 9.17) is 5.11 Å². The maximum absolute atomic E-state index is 11.9. The lowest BCUT2D eigenvalue weighted by molar-refractivity contribution is 0.102. The molecular weight excluding hydrogens is 262 g/mol. The van der Waals surface area contributed by atoms with Gasteiger partial charge in [-0.2, -0.15) is 0 Å². The Balaban J connectivity index is 2.02. The molecule has 2 aromatic rings. The van der Waals surface area contributed by atoms with Crippen molar-refractivity contribution in [3.8, 4) is 11.8 Å². The second-order valence-electron chi connectivity index (χ2n) is 3.59. The SMILES string of the molecule is O=C(Nc1cnns1)c1ccc(C#CCCO)cc1. The molecule has 0 bridgehead atoms. The third-order valence-electron chi connectivity index (χ3n) is 2.21. The maximum Gasteiger partial charge on any atom is 0.256 e. The fraction of sp³-hybridized carbons (Fsp3) is 0.154. The van der Waals surface area contributed by atoms with Gasteiger partial charge in [-0.05, 0) is 24.3 Å². The smallest absolute Gasteiger partial charge is 0.256 e. The molecule has 0 fully saturated rings. The highest BCUT2D eigenvalue weighted by molar-refractivity contribution is 7.10. The van der Waals surface area contributed by atoms with Gasteiger partial charge in [0.25, 0.3) is 5.91 Å². The van der Waals surface area contributed by atoms with Crippen molar-refractivity contribution in [1.82, 2.24) is 9.59 Å². The Morgan fingerprint density at radius 2 is 2.16 bits per heavy atom. The summed E-state index contributed by atoms with van der Waals surface area (Å²) in [6.45, 7) is 0.0520. The van der Waals surface area contributed by atoms with Crippen molar-refractivity contribution >= 4 is 22.4 Å². The number of anilines is 1. The molecule has 0 radical (unpaired) electrons. The standard InChI is InChI=1S/C13H11N3O2S/c17-8-2-1-3-10-4-6-11(7-5-10)13(18)15-12-9-14-16-19-12/h4-7,9,17H,2,8H2,(H,15,18). The largest absolute Gasteiger partial charge is 0.395 e. The Hall–Kier alpha value is -2.23. The summed E-state index contributed by atoms with van der Waals surface area (Å²) in [6.07, 6.45) is 1.94. The van der Waals surface area contributed by atoms with Gasteiger partial charge in [0.15, 0.2) is 0 Å². The Kier molecular flexibility index (Phi) is 4.61. The Morgan fingerprint density at radius 1 is 1.37 bits per heavy atom. The zero-order chi connectivity index (χ0) is 13.5. The van der Waals surface area contributed by atoms with Gasteiger partial charge in [0, 0.05) is 29.1 Å². The average Bonchev–Trinajstić information content (AvgIpc) is 2.93. The van der Waals surface area contributed by atoms with E-state index in [1.54, 1.807) is 24.3 Å². The van der Waals surface area contributed by atoms with Crippen LogP contribution in [0.3, 0.4) is 0 Å². The first-order valence-electron chi connectivity index (χ1n) is 5.58. The first kappa shape index (κ1) is 13.2. The molecule has 1 aromatic carbocycles. The third kappa shape index (κ3) is 3.88. The summed E-state index contributed by atoms with van der Waals surface area (Å²) >= 11 is 1.12.